The van der Waals surface area contributed by atoms with Gasteiger partial charge in [-0.25, -0.2) is 9.37 Å². The number of aromatic nitrogens is 2. The van der Waals surface area contributed by atoms with Gasteiger partial charge in [0, 0.05) is 20.2 Å². The topological polar surface area (TPSA) is 44.1 Å². The summed E-state index contributed by atoms with van der Waals surface area (Å²) in [5, 5.41) is 0.692. The summed E-state index contributed by atoms with van der Waals surface area (Å²) in [6.07, 6.45) is 1.91. The van der Waals surface area contributed by atoms with Gasteiger partial charge in [-0.2, -0.15) is 0 Å². The van der Waals surface area contributed by atoms with Crippen molar-refractivity contribution in [3.05, 3.63) is 46.1 Å². The number of nitrogens with zero attached hydrogens (tertiary/aromatic N) is 2. The Morgan fingerprint density at radius 2 is 2.08 bits per heavy atom. The third-order valence-corrected chi connectivity index (χ3v) is 6.74. The summed E-state index contributed by atoms with van der Waals surface area (Å²) < 4.78 is 21.0. The van der Waals surface area contributed by atoms with Gasteiger partial charge in [-0.15, -0.1) is 11.8 Å². The minimum Gasteiger partial charge on any atom is -0.361 e. The third-order valence-electron chi connectivity index (χ3n) is 3.97. The highest BCUT2D eigenvalue weighted by Crippen LogP contribution is 2.24. The molecule has 1 aromatic heterocycles. The first-order valence-corrected chi connectivity index (χ1v) is 13.6. The van der Waals surface area contributed by atoms with E-state index in [0.29, 0.717) is 12.2 Å². The summed E-state index contributed by atoms with van der Waals surface area (Å²) in [6.45, 7) is 9.70. The molecule has 1 aromatic carbocycles. The lowest BCUT2D eigenvalue weighted by Gasteiger charge is -2.16. The van der Waals surface area contributed by atoms with Gasteiger partial charge in [0.15, 0.2) is 5.82 Å². The lowest BCUT2D eigenvalue weighted by atomic mass is 10.1. The Hall–Kier alpha value is -1.15. The fourth-order valence-electron chi connectivity index (χ4n) is 2.34. The lowest BCUT2D eigenvalue weighted by molar-refractivity contribution is 0.0800. The number of hydrogen-bond acceptors (Lipinski definition) is 4. The maximum absolute atomic E-state index is 13.4. The number of thioether (sulfide) groups is 1. The van der Waals surface area contributed by atoms with Crippen LogP contribution in [0, 0.1) is 12.7 Å². The highest BCUT2D eigenvalue weighted by molar-refractivity contribution is 7.98. The van der Waals surface area contributed by atoms with E-state index < -0.39 is 13.9 Å². The standard InChI is InChI=1S/C18H24ClFN2O2SSi/c1-12-18(25-2)21-17(22(12)11-24-8-9-26(3,4)5)16(23)13-6-7-15(20)14(19)10-13/h6-7,10H,8-9,11H2,1-5H3. The molecule has 2 rings (SSSR count). The van der Waals surface area contributed by atoms with E-state index in [1.165, 1.54) is 30.0 Å². The molecule has 0 aliphatic carbocycles. The number of ether oxygens (including phenoxy) is 1. The summed E-state index contributed by atoms with van der Waals surface area (Å²) in [7, 11) is -1.18. The summed E-state index contributed by atoms with van der Waals surface area (Å²) in [6, 6.07) is 4.99. The zero-order chi connectivity index (χ0) is 19.5. The molecule has 2 aromatic rings. The predicted octanol–water partition coefficient (Wildman–Crippen LogP) is 5.25. The van der Waals surface area contributed by atoms with E-state index in [2.05, 4.69) is 24.6 Å². The number of carbonyl (C=O) groups is 1. The predicted molar refractivity (Wildman–Crippen MR) is 108 cm³/mol. The molecule has 142 valence electrons. The molecule has 4 nitrogen and oxygen atoms in total. The number of halogens is 2. The van der Waals surface area contributed by atoms with E-state index in [0.717, 1.165) is 16.8 Å². The molecule has 0 bridgehead atoms. The first kappa shape index (κ1) is 21.2. The van der Waals surface area contributed by atoms with Crippen LogP contribution in [0.3, 0.4) is 0 Å². The van der Waals surface area contributed by atoms with Crippen LogP contribution >= 0.6 is 23.4 Å². The van der Waals surface area contributed by atoms with E-state index in [1.807, 2.05) is 13.2 Å². The van der Waals surface area contributed by atoms with Crippen molar-refractivity contribution in [2.75, 3.05) is 12.9 Å². The number of hydrogen-bond donors (Lipinski definition) is 0. The average molecular weight is 415 g/mol. The summed E-state index contributed by atoms with van der Waals surface area (Å²) in [5.74, 6) is -0.575. The first-order valence-electron chi connectivity index (χ1n) is 8.32. The Morgan fingerprint density at radius 3 is 2.65 bits per heavy atom. The molecule has 0 saturated carbocycles. The van der Waals surface area contributed by atoms with E-state index >= 15 is 0 Å². The molecule has 0 N–H and O–H groups in total. The molecule has 0 aliphatic rings. The molecule has 0 spiro atoms. The fraction of sp³-hybridized carbons (Fsp3) is 0.444. The zero-order valence-electron chi connectivity index (χ0n) is 15.7. The van der Waals surface area contributed by atoms with Crippen molar-refractivity contribution in [1.82, 2.24) is 9.55 Å². The van der Waals surface area contributed by atoms with Crippen molar-refractivity contribution in [3.63, 3.8) is 0 Å². The van der Waals surface area contributed by atoms with Crippen molar-refractivity contribution < 1.29 is 13.9 Å². The van der Waals surface area contributed by atoms with Gasteiger partial charge in [-0.05, 0) is 37.4 Å². The van der Waals surface area contributed by atoms with Crippen LogP contribution in [0.2, 0.25) is 30.7 Å². The number of rotatable bonds is 8. The molecule has 0 aliphatic heterocycles. The molecule has 8 heteroatoms. The van der Waals surface area contributed by atoms with Crippen molar-refractivity contribution in [3.8, 4) is 0 Å². The Morgan fingerprint density at radius 1 is 1.38 bits per heavy atom. The second-order valence-corrected chi connectivity index (χ2v) is 14.1. The van der Waals surface area contributed by atoms with Crippen molar-refractivity contribution >= 4 is 37.2 Å². The summed E-state index contributed by atoms with van der Waals surface area (Å²) >= 11 is 7.29. The fourth-order valence-corrected chi connectivity index (χ4v) is 3.86. The smallest absolute Gasteiger partial charge is 0.228 e. The molecule has 0 radical (unpaired) electrons. The van der Waals surface area contributed by atoms with Gasteiger partial charge in [-0.3, -0.25) is 4.79 Å². The summed E-state index contributed by atoms with van der Waals surface area (Å²) in [5.41, 5.74) is 1.18. The molecular formula is C18H24ClFN2O2SSi. The highest BCUT2D eigenvalue weighted by Gasteiger charge is 2.22. The monoisotopic (exact) mass is 414 g/mol. The molecule has 1 heterocycles. The van der Waals surface area contributed by atoms with Crippen LogP contribution in [0.25, 0.3) is 0 Å². The van der Waals surface area contributed by atoms with Gasteiger partial charge in [0.25, 0.3) is 0 Å². The van der Waals surface area contributed by atoms with E-state index in [9.17, 15) is 9.18 Å². The van der Waals surface area contributed by atoms with Crippen LogP contribution < -0.4 is 0 Å². The molecular weight excluding hydrogens is 391 g/mol. The van der Waals surface area contributed by atoms with Gasteiger partial charge >= 0.3 is 0 Å². The summed E-state index contributed by atoms with van der Waals surface area (Å²) in [4.78, 5) is 17.3. The van der Waals surface area contributed by atoms with Crippen LogP contribution in [-0.4, -0.2) is 36.3 Å². The normalized spacial score (nSPS) is 11.8. The van der Waals surface area contributed by atoms with Gasteiger partial charge in [-0.1, -0.05) is 31.2 Å². The van der Waals surface area contributed by atoms with Gasteiger partial charge < -0.3 is 9.30 Å². The minimum atomic E-state index is -1.18. The van der Waals surface area contributed by atoms with Crippen LogP contribution in [0.15, 0.2) is 23.2 Å². The van der Waals surface area contributed by atoms with Crippen molar-refractivity contribution in [1.29, 1.82) is 0 Å². The van der Waals surface area contributed by atoms with Crippen LogP contribution in [0.4, 0.5) is 4.39 Å². The van der Waals surface area contributed by atoms with Crippen molar-refractivity contribution in [2.24, 2.45) is 0 Å². The molecule has 0 amide bonds. The SMILES string of the molecule is CSc1nc(C(=O)c2ccc(F)c(Cl)c2)n(COCC[Si](C)(C)C)c1C. The zero-order valence-corrected chi connectivity index (χ0v) is 18.3. The maximum atomic E-state index is 13.4. The number of benzene rings is 1. The lowest BCUT2D eigenvalue weighted by Crippen LogP contribution is -2.22. The Balaban J connectivity index is 2.26. The average Bonchev–Trinajstić information content (AvgIpc) is 2.88. The molecule has 26 heavy (non-hydrogen) atoms. The van der Waals surface area contributed by atoms with Gasteiger partial charge in [0.1, 0.15) is 17.6 Å². The van der Waals surface area contributed by atoms with Crippen LogP contribution in [0.5, 0.6) is 0 Å². The Labute approximate surface area is 164 Å². The van der Waals surface area contributed by atoms with Gasteiger partial charge in [0.05, 0.1) is 10.7 Å². The number of carbonyl (C=O) groups excluding carboxylic acids is 1. The first-order chi connectivity index (χ1) is 12.1. The Kier molecular flexibility index (Phi) is 7.07. The molecule has 0 fully saturated rings. The molecule has 0 saturated heterocycles. The van der Waals surface area contributed by atoms with Crippen molar-refractivity contribution in [2.45, 2.75) is 44.4 Å². The van der Waals surface area contributed by atoms with E-state index in [4.69, 9.17) is 16.3 Å². The second-order valence-electron chi connectivity index (χ2n) is 7.26. The highest BCUT2D eigenvalue weighted by atomic mass is 35.5. The minimum absolute atomic E-state index is 0.0813. The largest absolute Gasteiger partial charge is 0.361 e. The quantitative estimate of drug-likeness (QED) is 0.256. The Bertz CT molecular complexity index is 805. The second kappa shape index (κ2) is 8.69. The molecule has 0 atom stereocenters. The number of imidazole rings is 1. The van der Waals surface area contributed by atoms with Crippen LogP contribution in [-0.2, 0) is 11.5 Å². The molecule has 0 unspecified atom stereocenters. The van der Waals surface area contributed by atoms with Crippen LogP contribution in [0.1, 0.15) is 21.9 Å². The van der Waals surface area contributed by atoms with E-state index in [1.54, 1.807) is 4.57 Å². The number of ketones is 1. The third kappa shape index (κ3) is 5.19. The van der Waals surface area contributed by atoms with E-state index in [-0.39, 0.29) is 23.4 Å². The van der Waals surface area contributed by atoms with Gasteiger partial charge in [0.2, 0.25) is 5.78 Å². The maximum Gasteiger partial charge on any atom is 0.228 e.